The smallest absolute Gasteiger partial charge is 0.245 e. The van der Waals surface area contributed by atoms with Crippen molar-refractivity contribution in [2.75, 3.05) is 23.9 Å². The van der Waals surface area contributed by atoms with Gasteiger partial charge in [-0.1, -0.05) is 5.10 Å². The van der Waals surface area contributed by atoms with E-state index in [4.69, 9.17) is 11.6 Å². The molecule has 0 aromatic carbocycles. The number of anilines is 1. The first-order valence-corrected chi connectivity index (χ1v) is 5.38. The number of rotatable bonds is 2. The summed E-state index contributed by atoms with van der Waals surface area (Å²) in [5.41, 5.74) is 0. The fraction of sp³-hybridized carbons (Fsp3) is 0.875. The van der Waals surface area contributed by atoms with Crippen LogP contribution in [0.25, 0.3) is 0 Å². The zero-order valence-electron chi connectivity index (χ0n) is 8.23. The molecule has 6 heteroatoms. The second-order valence-corrected chi connectivity index (χ2v) is 4.02. The number of tetrazole rings is 1. The monoisotopic (exact) mass is 215 g/mol. The fourth-order valence-corrected chi connectivity index (χ4v) is 2.12. The van der Waals surface area contributed by atoms with Gasteiger partial charge in [-0.25, -0.2) is 4.68 Å². The van der Waals surface area contributed by atoms with Crippen molar-refractivity contribution in [3.05, 3.63) is 0 Å². The molecule has 78 valence electrons. The summed E-state index contributed by atoms with van der Waals surface area (Å²) < 4.78 is 1.70. The molecule has 0 amide bonds. The van der Waals surface area contributed by atoms with E-state index in [0.717, 1.165) is 24.9 Å². The molecule has 0 radical (unpaired) electrons. The Balaban J connectivity index is 2.08. The summed E-state index contributed by atoms with van der Waals surface area (Å²) in [4.78, 5) is 2.20. The zero-order chi connectivity index (χ0) is 9.97. The second-order valence-electron chi connectivity index (χ2n) is 3.71. The lowest BCUT2D eigenvalue weighted by Crippen LogP contribution is -2.37. The van der Waals surface area contributed by atoms with Gasteiger partial charge >= 0.3 is 0 Å². The lowest BCUT2D eigenvalue weighted by atomic mass is 10.0. The first-order valence-electron chi connectivity index (χ1n) is 4.84. The molecule has 1 fully saturated rings. The number of piperidine rings is 1. The van der Waals surface area contributed by atoms with Gasteiger partial charge in [0, 0.05) is 26.0 Å². The number of aromatic nitrogens is 4. The van der Waals surface area contributed by atoms with Crippen molar-refractivity contribution in [2.24, 2.45) is 13.0 Å². The first-order chi connectivity index (χ1) is 6.81. The van der Waals surface area contributed by atoms with Crippen molar-refractivity contribution in [3.63, 3.8) is 0 Å². The Morgan fingerprint density at radius 1 is 1.57 bits per heavy atom. The molecule has 1 unspecified atom stereocenters. The normalized spacial score (nSPS) is 22.7. The van der Waals surface area contributed by atoms with E-state index in [1.807, 2.05) is 7.05 Å². The van der Waals surface area contributed by atoms with Crippen LogP contribution in [-0.4, -0.2) is 39.2 Å². The molecule has 0 bridgehead atoms. The largest absolute Gasteiger partial charge is 0.339 e. The van der Waals surface area contributed by atoms with Gasteiger partial charge in [-0.2, -0.15) is 0 Å². The molecule has 1 aromatic rings. The summed E-state index contributed by atoms with van der Waals surface area (Å²) in [5.74, 6) is 2.14. The Bertz CT molecular complexity index is 300. The molecule has 14 heavy (non-hydrogen) atoms. The van der Waals surface area contributed by atoms with Gasteiger partial charge in [0.05, 0.1) is 0 Å². The number of halogens is 1. The highest BCUT2D eigenvalue weighted by Crippen LogP contribution is 2.20. The minimum atomic E-state index is 0.571. The Morgan fingerprint density at radius 3 is 3.07 bits per heavy atom. The standard InChI is InChI=1S/C8H14ClN5/c1-13-8(10-11-12-13)14-4-2-3-7(5-9)6-14/h7H,2-6H2,1H3. The molecular weight excluding hydrogens is 202 g/mol. The van der Waals surface area contributed by atoms with Crippen molar-refractivity contribution >= 4 is 17.5 Å². The highest BCUT2D eigenvalue weighted by Gasteiger charge is 2.22. The van der Waals surface area contributed by atoms with Gasteiger partial charge in [0.25, 0.3) is 0 Å². The molecular formula is C8H14ClN5. The Hall–Kier alpha value is -0.840. The second kappa shape index (κ2) is 4.13. The molecule has 5 nitrogen and oxygen atoms in total. The molecule has 0 saturated carbocycles. The third-order valence-corrected chi connectivity index (χ3v) is 3.05. The van der Waals surface area contributed by atoms with Crippen molar-refractivity contribution < 1.29 is 0 Å². The van der Waals surface area contributed by atoms with Gasteiger partial charge in [-0.15, -0.1) is 11.6 Å². The van der Waals surface area contributed by atoms with Crippen LogP contribution < -0.4 is 4.90 Å². The molecule has 0 N–H and O–H groups in total. The number of alkyl halides is 1. The van der Waals surface area contributed by atoms with E-state index in [2.05, 4.69) is 20.4 Å². The summed E-state index contributed by atoms with van der Waals surface area (Å²) in [6, 6.07) is 0. The van der Waals surface area contributed by atoms with Crippen molar-refractivity contribution in [2.45, 2.75) is 12.8 Å². The summed E-state index contributed by atoms with van der Waals surface area (Å²) >= 11 is 5.86. The van der Waals surface area contributed by atoms with E-state index < -0.39 is 0 Å². The van der Waals surface area contributed by atoms with E-state index in [1.54, 1.807) is 4.68 Å². The van der Waals surface area contributed by atoms with Gasteiger partial charge in [0.2, 0.25) is 5.95 Å². The average molecular weight is 216 g/mol. The molecule has 1 atom stereocenters. The summed E-state index contributed by atoms with van der Waals surface area (Å²) in [5, 5.41) is 11.5. The molecule has 1 saturated heterocycles. The van der Waals surface area contributed by atoms with Crippen LogP contribution >= 0.6 is 11.6 Å². The maximum absolute atomic E-state index is 5.86. The van der Waals surface area contributed by atoms with Crippen LogP contribution in [0.2, 0.25) is 0 Å². The van der Waals surface area contributed by atoms with Crippen molar-refractivity contribution in [1.29, 1.82) is 0 Å². The highest BCUT2D eigenvalue weighted by atomic mass is 35.5. The minimum absolute atomic E-state index is 0.571. The number of hydrogen-bond acceptors (Lipinski definition) is 4. The maximum atomic E-state index is 5.86. The Labute approximate surface area is 88.0 Å². The zero-order valence-corrected chi connectivity index (χ0v) is 8.98. The number of nitrogens with zero attached hydrogens (tertiary/aromatic N) is 5. The van der Waals surface area contributed by atoms with Crippen molar-refractivity contribution in [3.8, 4) is 0 Å². The predicted octanol–water partition coefficient (Wildman–Crippen LogP) is 0.665. The van der Waals surface area contributed by atoms with Gasteiger partial charge in [-0.05, 0) is 29.2 Å². The van der Waals surface area contributed by atoms with E-state index in [1.165, 1.54) is 12.8 Å². The quantitative estimate of drug-likeness (QED) is 0.681. The van der Waals surface area contributed by atoms with Crippen LogP contribution in [0, 0.1) is 5.92 Å². The highest BCUT2D eigenvalue weighted by molar-refractivity contribution is 6.18. The van der Waals surface area contributed by atoms with Crippen LogP contribution in [0.3, 0.4) is 0 Å². The van der Waals surface area contributed by atoms with E-state index in [0.29, 0.717) is 5.92 Å². The third kappa shape index (κ3) is 1.82. The van der Waals surface area contributed by atoms with Crippen LogP contribution in [-0.2, 0) is 7.05 Å². The summed E-state index contributed by atoms with van der Waals surface area (Å²) in [7, 11) is 1.86. The molecule has 1 aliphatic heterocycles. The molecule has 1 aliphatic rings. The molecule has 1 aromatic heterocycles. The molecule has 2 heterocycles. The summed E-state index contributed by atoms with van der Waals surface area (Å²) in [6.07, 6.45) is 2.38. The van der Waals surface area contributed by atoms with Crippen LogP contribution in [0.5, 0.6) is 0 Å². The van der Waals surface area contributed by atoms with Gasteiger partial charge in [-0.3, -0.25) is 0 Å². The van der Waals surface area contributed by atoms with Crippen molar-refractivity contribution in [1.82, 2.24) is 20.2 Å². The molecule has 0 aliphatic carbocycles. The SMILES string of the molecule is Cn1nnnc1N1CCCC(CCl)C1. The molecule has 0 spiro atoms. The number of hydrogen-bond donors (Lipinski definition) is 0. The fourth-order valence-electron chi connectivity index (χ4n) is 1.87. The predicted molar refractivity (Wildman–Crippen MR) is 54.5 cm³/mol. The topological polar surface area (TPSA) is 46.8 Å². The molecule has 2 rings (SSSR count). The summed E-state index contributed by atoms with van der Waals surface area (Å²) in [6.45, 7) is 2.00. The van der Waals surface area contributed by atoms with E-state index >= 15 is 0 Å². The van der Waals surface area contributed by atoms with Gasteiger partial charge in [0.15, 0.2) is 0 Å². The van der Waals surface area contributed by atoms with Crippen LogP contribution in [0.1, 0.15) is 12.8 Å². The maximum Gasteiger partial charge on any atom is 0.245 e. The lowest BCUT2D eigenvalue weighted by Gasteiger charge is -2.31. The van der Waals surface area contributed by atoms with E-state index in [-0.39, 0.29) is 0 Å². The average Bonchev–Trinajstić information content (AvgIpc) is 2.65. The minimum Gasteiger partial charge on any atom is -0.339 e. The number of aryl methyl sites for hydroxylation is 1. The van der Waals surface area contributed by atoms with Gasteiger partial charge < -0.3 is 4.90 Å². The lowest BCUT2D eigenvalue weighted by molar-refractivity contribution is 0.442. The first kappa shape index (κ1) is 9.71. The van der Waals surface area contributed by atoms with Crippen LogP contribution in [0.15, 0.2) is 0 Å². The van der Waals surface area contributed by atoms with E-state index in [9.17, 15) is 0 Å². The van der Waals surface area contributed by atoms with Gasteiger partial charge in [0.1, 0.15) is 0 Å². The Morgan fingerprint density at radius 2 is 2.43 bits per heavy atom. The Kier molecular flexibility index (Phi) is 2.86. The van der Waals surface area contributed by atoms with Crippen LogP contribution in [0.4, 0.5) is 5.95 Å². The third-order valence-electron chi connectivity index (χ3n) is 2.62.